The van der Waals surface area contributed by atoms with E-state index in [1.807, 2.05) is 19.9 Å². The molecule has 0 atom stereocenters. The van der Waals surface area contributed by atoms with Crippen molar-refractivity contribution in [1.82, 2.24) is 0 Å². The Morgan fingerprint density at radius 3 is 2.06 bits per heavy atom. The van der Waals surface area contributed by atoms with Gasteiger partial charge in [-0.3, -0.25) is 4.79 Å². The van der Waals surface area contributed by atoms with Gasteiger partial charge in [0.15, 0.2) is 0 Å². The average Bonchev–Trinajstić information content (AvgIpc) is 2.32. The third kappa shape index (κ3) is 6.43. The molecule has 0 saturated carbocycles. The van der Waals surface area contributed by atoms with Crippen molar-refractivity contribution in [1.29, 1.82) is 0 Å². The lowest BCUT2D eigenvalue weighted by Crippen LogP contribution is -2.24. The van der Waals surface area contributed by atoms with E-state index in [0.29, 0.717) is 0 Å². The Labute approximate surface area is 111 Å². The molecule has 102 valence electrons. The summed E-state index contributed by atoms with van der Waals surface area (Å²) in [5.74, 6) is -0.766. The van der Waals surface area contributed by atoms with Gasteiger partial charge in [0.1, 0.15) is 0 Å². The lowest BCUT2D eigenvalue weighted by atomic mass is 9.84. The molecule has 0 rings (SSSR count). The van der Waals surface area contributed by atoms with E-state index in [1.54, 1.807) is 13.8 Å². The Morgan fingerprint density at radius 2 is 1.56 bits per heavy atom. The fourth-order valence-electron chi connectivity index (χ4n) is 1.41. The van der Waals surface area contributed by atoms with Crippen molar-refractivity contribution in [2.24, 2.45) is 5.41 Å². The third-order valence-electron chi connectivity index (χ3n) is 3.21. The van der Waals surface area contributed by atoms with E-state index >= 15 is 0 Å². The highest BCUT2D eigenvalue weighted by atomic mass is 16.4. The van der Waals surface area contributed by atoms with Crippen LogP contribution in [0.4, 0.5) is 0 Å². The van der Waals surface area contributed by atoms with Gasteiger partial charge >= 0.3 is 5.97 Å². The number of hydrogen-bond acceptors (Lipinski definition) is 1. The standard InChI is InChI=1S/C16H26O2/c1-5-6-7-8-9-10-11-12-13-14(2)16(3,4)15(17)18/h5-6,9-10,13H,7-8,11-12H2,1-4H3,(H,17,18)/b6-5+,10-9+,14-13+. The first kappa shape index (κ1) is 16.7. The van der Waals surface area contributed by atoms with Crippen molar-refractivity contribution in [3.63, 3.8) is 0 Å². The van der Waals surface area contributed by atoms with Gasteiger partial charge in [0.2, 0.25) is 0 Å². The van der Waals surface area contributed by atoms with Crippen LogP contribution in [0.3, 0.4) is 0 Å². The Kier molecular flexibility index (Phi) is 8.10. The number of rotatable bonds is 8. The highest BCUT2D eigenvalue weighted by molar-refractivity contribution is 5.77. The van der Waals surface area contributed by atoms with Crippen LogP contribution in [0.1, 0.15) is 53.4 Å². The summed E-state index contributed by atoms with van der Waals surface area (Å²) < 4.78 is 0. The lowest BCUT2D eigenvalue weighted by molar-refractivity contribution is -0.144. The predicted octanol–water partition coefficient (Wildman–Crippen LogP) is 4.74. The van der Waals surface area contributed by atoms with Crippen LogP contribution in [-0.2, 0) is 4.79 Å². The van der Waals surface area contributed by atoms with Crippen molar-refractivity contribution in [2.45, 2.75) is 53.4 Å². The number of unbranched alkanes of at least 4 members (excludes halogenated alkanes) is 2. The molecule has 0 aliphatic heterocycles. The summed E-state index contributed by atoms with van der Waals surface area (Å²) in [6, 6.07) is 0. The molecule has 0 aliphatic rings. The first-order chi connectivity index (χ1) is 8.42. The first-order valence-corrected chi connectivity index (χ1v) is 6.59. The largest absolute Gasteiger partial charge is 0.481 e. The molecule has 2 nitrogen and oxygen atoms in total. The molecule has 0 aliphatic carbocycles. The molecule has 0 aromatic heterocycles. The molecule has 0 spiro atoms. The zero-order chi connectivity index (χ0) is 14.0. The summed E-state index contributed by atoms with van der Waals surface area (Å²) >= 11 is 0. The average molecular weight is 250 g/mol. The minimum atomic E-state index is -0.766. The Morgan fingerprint density at radius 1 is 1.06 bits per heavy atom. The minimum Gasteiger partial charge on any atom is -0.481 e. The summed E-state index contributed by atoms with van der Waals surface area (Å²) in [4.78, 5) is 11.0. The van der Waals surface area contributed by atoms with Crippen LogP contribution in [0.2, 0.25) is 0 Å². The molecule has 0 saturated heterocycles. The number of carboxylic acids is 1. The van der Waals surface area contributed by atoms with E-state index in [2.05, 4.69) is 24.3 Å². The van der Waals surface area contributed by atoms with Crippen LogP contribution in [0.15, 0.2) is 36.0 Å². The first-order valence-electron chi connectivity index (χ1n) is 6.59. The van der Waals surface area contributed by atoms with E-state index in [4.69, 9.17) is 5.11 Å². The summed E-state index contributed by atoms with van der Waals surface area (Å²) in [7, 11) is 0. The van der Waals surface area contributed by atoms with Gasteiger partial charge in [0.05, 0.1) is 5.41 Å². The number of carbonyl (C=O) groups is 1. The van der Waals surface area contributed by atoms with Gasteiger partial charge in [0.25, 0.3) is 0 Å². The quantitative estimate of drug-likeness (QED) is 0.499. The SMILES string of the molecule is C/C=C/CC/C=C/CC/C=C(\C)C(C)(C)C(=O)O. The minimum absolute atomic E-state index is 0.754. The maximum absolute atomic E-state index is 11.0. The number of carboxylic acid groups (broad SMARTS) is 1. The zero-order valence-electron chi connectivity index (χ0n) is 12.1. The van der Waals surface area contributed by atoms with E-state index in [9.17, 15) is 4.79 Å². The van der Waals surface area contributed by atoms with E-state index in [0.717, 1.165) is 31.3 Å². The second-order valence-corrected chi connectivity index (χ2v) is 5.01. The molecule has 0 aromatic carbocycles. The molecular formula is C16H26O2. The molecule has 0 unspecified atom stereocenters. The second-order valence-electron chi connectivity index (χ2n) is 5.01. The Balaban J connectivity index is 3.99. The molecule has 0 bridgehead atoms. The van der Waals surface area contributed by atoms with Crippen LogP contribution >= 0.6 is 0 Å². The van der Waals surface area contributed by atoms with Gasteiger partial charge in [0, 0.05) is 0 Å². The highest BCUT2D eigenvalue weighted by Crippen LogP contribution is 2.26. The van der Waals surface area contributed by atoms with Crippen LogP contribution < -0.4 is 0 Å². The lowest BCUT2D eigenvalue weighted by Gasteiger charge is -2.20. The van der Waals surface area contributed by atoms with Crippen molar-refractivity contribution >= 4 is 5.97 Å². The summed E-state index contributed by atoms with van der Waals surface area (Å²) in [5, 5.41) is 9.07. The predicted molar refractivity (Wildman–Crippen MR) is 77.6 cm³/mol. The van der Waals surface area contributed by atoms with Crippen molar-refractivity contribution in [2.75, 3.05) is 0 Å². The maximum Gasteiger partial charge on any atom is 0.313 e. The molecule has 0 amide bonds. The van der Waals surface area contributed by atoms with Gasteiger partial charge in [-0.2, -0.15) is 0 Å². The molecular weight excluding hydrogens is 224 g/mol. The fraction of sp³-hybridized carbons (Fsp3) is 0.562. The molecule has 2 heteroatoms. The normalized spacial score (nSPS) is 13.7. The van der Waals surface area contributed by atoms with Gasteiger partial charge in [-0.15, -0.1) is 0 Å². The Hall–Kier alpha value is -1.31. The van der Waals surface area contributed by atoms with Crippen LogP contribution in [-0.4, -0.2) is 11.1 Å². The molecule has 1 N–H and O–H groups in total. The Bertz CT molecular complexity index is 333. The van der Waals surface area contributed by atoms with Crippen molar-refractivity contribution in [3.05, 3.63) is 36.0 Å². The monoisotopic (exact) mass is 250 g/mol. The van der Waals surface area contributed by atoms with Crippen LogP contribution in [0, 0.1) is 5.41 Å². The van der Waals surface area contributed by atoms with E-state index in [-0.39, 0.29) is 0 Å². The van der Waals surface area contributed by atoms with Gasteiger partial charge in [-0.25, -0.2) is 0 Å². The number of allylic oxidation sites excluding steroid dienone is 5. The van der Waals surface area contributed by atoms with Gasteiger partial charge < -0.3 is 5.11 Å². The molecule has 0 fully saturated rings. The van der Waals surface area contributed by atoms with Crippen molar-refractivity contribution in [3.8, 4) is 0 Å². The maximum atomic E-state index is 11.0. The molecule has 0 aromatic rings. The van der Waals surface area contributed by atoms with E-state index < -0.39 is 11.4 Å². The second kappa shape index (κ2) is 8.73. The smallest absolute Gasteiger partial charge is 0.313 e. The zero-order valence-corrected chi connectivity index (χ0v) is 12.1. The van der Waals surface area contributed by atoms with Gasteiger partial charge in [-0.1, -0.05) is 36.0 Å². The topological polar surface area (TPSA) is 37.3 Å². The number of hydrogen-bond donors (Lipinski definition) is 1. The molecule has 0 heterocycles. The third-order valence-corrected chi connectivity index (χ3v) is 3.21. The summed E-state index contributed by atoms with van der Waals surface area (Å²) in [5.41, 5.74) is 0.174. The number of aliphatic carboxylic acids is 1. The molecule has 18 heavy (non-hydrogen) atoms. The van der Waals surface area contributed by atoms with Crippen LogP contribution in [0.25, 0.3) is 0 Å². The fourth-order valence-corrected chi connectivity index (χ4v) is 1.41. The summed E-state index contributed by atoms with van der Waals surface area (Å²) in [6.45, 7) is 7.41. The van der Waals surface area contributed by atoms with Crippen LogP contribution in [0.5, 0.6) is 0 Å². The van der Waals surface area contributed by atoms with Gasteiger partial charge in [-0.05, 0) is 53.4 Å². The highest BCUT2D eigenvalue weighted by Gasteiger charge is 2.28. The molecule has 0 radical (unpaired) electrons. The van der Waals surface area contributed by atoms with E-state index in [1.165, 1.54) is 0 Å². The summed E-state index contributed by atoms with van der Waals surface area (Å²) in [6.07, 6.45) is 14.7. The van der Waals surface area contributed by atoms with Crippen molar-refractivity contribution < 1.29 is 9.90 Å².